The van der Waals surface area contributed by atoms with E-state index in [0.717, 1.165) is 26.9 Å². The van der Waals surface area contributed by atoms with Gasteiger partial charge in [-0.3, -0.25) is 0 Å². The highest BCUT2D eigenvalue weighted by Crippen LogP contribution is 2.20. The first kappa shape index (κ1) is 17.3. The molecule has 0 spiro atoms. The smallest absolute Gasteiger partial charge is 0.316 e. The molecule has 0 fully saturated rings. The zero-order chi connectivity index (χ0) is 18.5. The molecular weight excluding hydrogens is 406 g/mol. The Balaban J connectivity index is 1.44. The quantitative estimate of drug-likeness (QED) is 0.324. The second-order valence-electron chi connectivity index (χ2n) is 5.81. The molecule has 0 amide bonds. The lowest BCUT2D eigenvalue weighted by molar-refractivity contribution is 0.305. The average Bonchev–Trinajstić information content (AvgIpc) is 3.10. The van der Waals surface area contributed by atoms with E-state index in [1.165, 1.54) is 0 Å². The summed E-state index contributed by atoms with van der Waals surface area (Å²) in [7, 11) is 0. The minimum absolute atomic E-state index is 0.347. The van der Waals surface area contributed by atoms with Crippen molar-refractivity contribution in [2.45, 2.75) is 6.61 Å². The Morgan fingerprint density at radius 3 is 2.78 bits per heavy atom. The zero-order valence-electron chi connectivity index (χ0n) is 14.3. The van der Waals surface area contributed by atoms with E-state index < -0.39 is 0 Å². The van der Waals surface area contributed by atoms with Gasteiger partial charge in [0, 0.05) is 10.0 Å². The standard InChI is InChI=1S/C21H16BrN3O2/c22-17-8-5-6-15(12-17)14-26-19-10-3-1-7-16(19)13-23-25-21-24-18-9-2-4-11-20(18)27-21/h1-13H,14H2,(H,24,25). The van der Waals surface area contributed by atoms with Gasteiger partial charge in [-0.25, -0.2) is 5.43 Å². The van der Waals surface area contributed by atoms with Crippen molar-refractivity contribution in [1.29, 1.82) is 0 Å². The van der Waals surface area contributed by atoms with Gasteiger partial charge in [0.05, 0.1) is 6.21 Å². The van der Waals surface area contributed by atoms with Crippen molar-refractivity contribution in [2.24, 2.45) is 5.10 Å². The van der Waals surface area contributed by atoms with Gasteiger partial charge < -0.3 is 9.15 Å². The topological polar surface area (TPSA) is 59.6 Å². The third-order valence-electron chi connectivity index (χ3n) is 3.86. The van der Waals surface area contributed by atoms with Crippen molar-refractivity contribution in [3.05, 3.63) is 88.4 Å². The van der Waals surface area contributed by atoms with Gasteiger partial charge >= 0.3 is 6.01 Å². The number of para-hydroxylation sites is 3. The van der Waals surface area contributed by atoms with Crippen LogP contribution in [-0.2, 0) is 6.61 Å². The summed E-state index contributed by atoms with van der Waals surface area (Å²) < 4.78 is 12.6. The molecule has 0 radical (unpaired) electrons. The Labute approximate surface area is 164 Å². The van der Waals surface area contributed by atoms with Gasteiger partial charge in [0.2, 0.25) is 0 Å². The lowest BCUT2D eigenvalue weighted by Gasteiger charge is -2.09. The van der Waals surface area contributed by atoms with Gasteiger partial charge in [0.25, 0.3) is 0 Å². The molecule has 0 bridgehead atoms. The van der Waals surface area contributed by atoms with E-state index in [4.69, 9.17) is 9.15 Å². The third-order valence-corrected chi connectivity index (χ3v) is 4.35. The van der Waals surface area contributed by atoms with Crippen LogP contribution in [0.1, 0.15) is 11.1 Å². The fraction of sp³-hybridized carbons (Fsp3) is 0.0476. The summed E-state index contributed by atoms with van der Waals surface area (Å²) in [6.07, 6.45) is 1.69. The van der Waals surface area contributed by atoms with Crippen LogP contribution in [0.15, 0.2) is 86.8 Å². The van der Waals surface area contributed by atoms with Crippen molar-refractivity contribution in [3.8, 4) is 5.75 Å². The molecule has 0 aliphatic rings. The maximum Gasteiger partial charge on any atom is 0.316 e. The number of fused-ring (bicyclic) bond motifs is 1. The van der Waals surface area contributed by atoms with Gasteiger partial charge in [0.1, 0.15) is 17.9 Å². The minimum Gasteiger partial charge on any atom is -0.488 e. The summed E-state index contributed by atoms with van der Waals surface area (Å²) in [5.74, 6) is 0.751. The number of aromatic nitrogens is 1. The van der Waals surface area contributed by atoms with Crippen molar-refractivity contribution in [1.82, 2.24) is 4.98 Å². The molecule has 1 heterocycles. The van der Waals surface area contributed by atoms with Gasteiger partial charge in [-0.1, -0.05) is 52.3 Å². The van der Waals surface area contributed by atoms with Gasteiger partial charge in [-0.05, 0) is 42.0 Å². The summed E-state index contributed by atoms with van der Waals surface area (Å²) in [6.45, 7) is 0.475. The highest BCUT2D eigenvalue weighted by Gasteiger charge is 2.04. The molecule has 0 aliphatic carbocycles. The first-order chi connectivity index (χ1) is 13.3. The van der Waals surface area contributed by atoms with Gasteiger partial charge in [-0.2, -0.15) is 10.1 Å². The maximum atomic E-state index is 5.95. The van der Waals surface area contributed by atoms with E-state index in [-0.39, 0.29) is 0 Å². The molecule has 4 aromatic rings. The SMILES string of the molecule is Brc1cccc(COc2ccccc2C=NNc2nc3ccccc3o2)c1. The molecule has 0 atom stereocenters. The van der Waals surface area contributed by atoms with E-state index >= 15 is 0 Å². The highest BCUT2D eigenvalue weighted by molar-refractivity contribution is 9.10. The number of hydrogen-bond acceptors (Lipinski definition) is 5. The van der Waals surface area contributed by atoms with Gasteiger partial charge in [-0.15, -0.1) is 0 Å². The molecule has 134 valence electrons. The Hall–Kier alpha value is -3.12. The zero-order valence-corrected chi connectivity index (χ0v) is 15.9. The van der Waals surface area contributed by atoms with Crippen LogP contribution < -0.4 is 10.2 Å². The first-order valence-electron chi connectivity index (χ1n) is 8.39. The Morgan fingerprint density at radius 2 is 1.89 bits per heavy atom. The molecule has 1 aromatic heterocycles. The number of oxazole rings is 1. The Kier molecular flexibility index (Phi) is 5.16. The van der Waals surface area contributed by atoms with E-state index in [1.807, 2.05) is 72.8 Å². The van der Waals surface area contributed by atoms with Crippen LogP contribution in [0.3, 0.4) is 0 Å². The average molecular weight is 422 g/mol. The number of ether oxygens (including phenoxy) is 1. The Bertz CT molecular complexity index is 1060. The highest BCUT2D eigenvalue weighted by atomic mass is 79.9. The lowest BCUT2D eigenvalue weighted by atomic mass is 10.2. The van der Waals surface area contributed by atoms with Crippen LogP contribution in [0.2, 0.25) is 0 Å². The molecule has 6 heteroatoms. The van der Waals surface area contributed by atoms with E-state index in [9.17, 15) is 0 Å². The molecule has 4 rings (SSSR count). The largest absolute Gasteiger partial charge is 0.488 e. The monoisotopic (exact) mass is 421 g/mol. The molecule has 0 saturated heterocycles. The normalized spacial score (nSPS) is 11.1. The van der Waals surface area contributed by atoms with Crippen LogP contribution in [0.25, 0.3) is 11.1 Å². The third kappa shape index (κ3) is 4.35. The number of nitrogens with one attached hydrogen (secondary N) is 1. The molecule has 5 nitrogen and oxygen atoms in total. The van der Waals surface area contributed by atoms with Crippen LogP contribution in [-0.4, -0.2) is 11.2 Å². The van der Waals surface area contributed by atoms with Crippen molar-refractivity contribution >= 4 is 39.3 Å². The van der Waals surface area contributed by atoms with Crippen LogP contribution >= 0.6 is 15.9 Å². The van der Waals surface area contributed by atoms with Crippen LogP contribution in [0.4, 0.5) is 6.01 Å². The molecular formula is C21H16BrN3O2. The molecule has 0 saturated carbocycles. The predicted octanol–water partition coefficient (Wildman–Crippen LogP) is 5.62. The van der Waals surface area contributed by atoms with Crippen LogP contribution in [0.5, 0.6) is 5.75 Å². The number of hydrazone groups is 1. The molecule has 27 heavy (non-hydrogen) atoms. The molecule has 3 aromatic carbocycles. The van der Waals surface area contributed by atoms with Crippen LogP contribution in [0, 0.1) is 0 Å². The molecule has 1 N–H and O–H groups in total. The second kappa shape index (κ2) is 8.05. The number of nitrogens with zero attached hydrogens (tertiary/aromatic N) is 2. The summed E-state index contributed by atoms with van der Waals surface area (Å²) in [6, 6.07) is 23.7. The molecule has 0 aliphatic heterocycles. The predicted molar refractivity (Wildman–Crippen MR) is 110 cm³/mol. The van der Waals surface area contributed by atoms with Crippen molar-refractivity contribution in [2.75, 3.05) is 5.43 Å². The second-order valence-corrected chi connectivity index (χ2v) is 6.73. The fourth-order valence-corrected chi connectivity index (χ4v) is 3.03. The summed E-state index contributed by atoms with van der Waals surface area (Å²) in [4.78, 5) is 4.32. The number of anilines is 1. The minimum atomic E-state index is 0.347. The van der Waals surface area contributed by atoms with E-state index in [2.05, 4.69) is 31.4 Å². The molecule has 0 unspecified atom stereocenters. The first-order valence-corrected chi connectivity index (χ1v) is 9.18. The Morgan fingerprint density at radius 1 is 1.04 bits per heavy atom. The van der Waals surface area contributed by atoms with Crippen molar-refractivity contribution < 1.29 is 9.15 Å². The van der Waals surface area contributed by atoms with Crippen molar-refractivity contribution in [3.63, 3.8) is 0 Å². The van der Waals surface area contributed by atoms with E-state index in [1.54, 1.807) is 6.21 Å². The fourth-order valence-electron chi connectivity index (χ4n) is 2.58. The number of benzene rings is 3. The number of rotatable bonds is 6. The summed E-state index contributed by atoms with van der Waals surface area (Å²) in [5, 5.41) is 4.22. The van der Waals surface area contributed by atoms with Gasteiger partial charge in [0.15, 0.2) is 5.58 Å². The van der Waals surface area contributed by atoms with E-state index in [0.29, 0.717) is 18.2 Å². The lowest BCUT2D eigenvalue weighted by Crippen LogP contribution is -1.99. The summed E-state index contributed by atoms with van der Waals surface area (Å²) >= 11 is 3.47. The summed E-state index contributed by atoms with van der Waals surface area (Å²) in [5.41, 5.74) is 6.26. The number of hydrogen-bond donors (Lipinski definition) is 1. The maximum absolute atomic E-state index is 5.95. The number of halogens is 1.